The van der Waals surface area contributed by atoms with E-state index in [2.05, 4.69) is 51.0 Å². The smallest absolute Gasteiger partial charge is 0.115 e. The summed E-state index contributed by atoms with van der Waals surface area (Å²) in [7, 11) is 0. The normalized spacial score (nSPS) is 11.1. The summed E-state index contributed by atoms with van der Waals surface area (Å²) in [6, 6.07) is 6.67. The summed E-state index contributed by atoms with van der Waals surface area (Å²) in [5.74, 6) is 0. The Bertz CT molecular complexity index is 538. The Balaban J connectivity index is 2.52. The second-order valence-electron chi connectivity index (χ2n) is 4.83. The van der Waals surface area contributed by atoms with E-state index < -0.39 is 0 Å². The number of aromatic nitrogens is 2. The topological polar surface area (TPSA) is 43.8 Å². The number of hydrogen-bond donors (Lipinski definition) is 1. The Kier molecular flexibility index (Phi) is 2.92. The van der Waals surface area contributed by atoms with Crippen LogP contribution in [0, 0.1) is 13.8 Å². The van der Waals surface area contributed by atoms with Crippen molar-refractivity contribution in [3.05, 3.63) is 35.5 Å². The van der Waals surface area contributed by atoms with Gasteiger partial charge in [0.25, 0.3) is 0 Å². The molecule has 0 aliphatic heterocycles. The van der Waals surface area contributed by atoms with Crippen LogP contribution in [0.1, 0.15) is 31.0 Å². The summed E-state index contributed by atoms with van der Waals surface area (Å²) < 4.78 is 1.91. The standard InChI is InChI=1S/C14H19N3/c1-9(2)17-8-13(15)14(16-17)12-6-5-10(3)7-11(12)4/h5-9H,15H2,1-4H3. The summed E-state index contributed by atoms with van der Waals surface area (Å²) in [5.41, 5.74) is 11.3. The Morgan fingerprint density at radius 3 is 2.47 bits per heavy atom. The predicted octanol–water partition coefficient (Wildman–Crippen LogP) is 3.33. The minimum Gasteiger partial charge on any atom is -0.396 e. The largest absolute Gasteiger partial charge is 0.396 e. The summed E-state index contributed by atoms with van der Waals surface area (Å²) >= 11 is 0. The molecule has 0 fully saturated rings. The fourth-order valence-electron chi connectivity index (χ4n) is 1.96. The van der Waals surface area contributed by atoms with Gasteiger partial charge in [0.2, 0.25) is 0 Å². The second-order valence-corrected chi connectivity index (χ2v) is 4.83. The molecule has 1 aromatic carbocycles. The summed E-state index contributed by atoms with van der Waals surface area (Å²) in [6.45, 7) is 8.37. The first-order valence-electron chi connectivity index (χ1n) is 5.91. The van der Waals surface area contributed by atoms with Crippen molar-refractivity contribution < 1.29 is 0 Å². The van der Waals surface area contributed by atoms with Crippen molar-refractivity contribution in [3.63, 3.8) is 0 Å². The van der Waals surface area contributed by atoms with Gasteiger partial charge in [-0.15, -0.1) is 0 Å². The first-order valence-corrected chi connectivity index (χ1v) is 5.91. The van der Waals surface area contributed by atoms with Crippen molar-refractivity contribution in [2.24, 2.45) is 0 Å². The van der Waals surface area contributed by atoms with Gasteiger partial charge in [0, 0.05) is 17.8 Å². The second kappa shape index (κ2) is 4.24. The molecular formula is C14H19N3. The zero-order valence-electron chi connectivity index (χ0n) is 10.9. The van der Waals surface area contributed by atoms with Crippen molar-refractivity contribution in [1.82, 2.24) is 9.78 Å². The summed E-state index contributed by atoms with van der Waals surface area (Å²) in [5, 5.41) is 4.56. The van der Waals surface area contributed by atoms with Crippen molar-refractivity contribution >= 4 is 5.69 Å². The highest BCUT2D eigenvalue weighted by Crippen LogP contribution is 2.28. The van der Waals surface area contributed by atoms with Gasteiger partial charge in [0.1, 0.15) is 5.69 Å². The number of anilines is 1. The molecule has 3 heteroatoms. The quantitative estimate of drug-likeness (QED) is 0.858. The number of hydrogen-bond acceptors (Lipinski definition) is 2. The summed E-state index contributed by atoms with van der Waals surface area (Å²) in [4.78, 5) is 0. The number of rotatable bonds is 2. The van der Waals surface area contributed by atoms with E-state index in [1.807, 2.05) is 10.9 Å². The van der Waals surface area contributed by atoms with Crippen molar-refractivity contribution in [2.75, 3.05) is 5.73 Å². The van der Waals surface area contributed by atoms with E-state index in [4.69, 9.17) is 5.73 Å². The average molecular weight is 229 g/mol. The van der Waals surface area contributed by atoms with E-state index in [1.165, 1.54) is 11.1 Å². The van der Waals surface area contributed by atoms with Crippen molar-refractivity contribution in [2.45, 2.75) is 33.7 Å². The van der Waals surface area contributed by atoms with Gasteiger partial charge in [-0.05, 0) is 33.3 Å². The maximum absolute atomic E-state index is 6.03. The van der Waals surface area contributed by atoms with Crippen LogP contribution in [0.25, 0.3) is 11.3 Å². The molecule has 0 bridgehead atoms. The summed E-state index contributed by atoms with van der Waals surface area (Å²) in [6.07, 6.45) is 1.90. The fraction of sp³-hybridized carbons (Fsp3) is 0.357. The highest BCUT2D eigenvalue weighted by atomic mass is 15.3. The molecule has 0 radical (unpaired) electrons. The number of aryl methyl sites for hydroxylation is 2. The van der Waals surface area contributed by atoms with Crippen LogP contribution in [0.3, 0.4) is 0 Å². The zero-order chi connectivity index (χ0) is 12.6. The van der Waals surface area contributed by atoms with Crippen LogP contribution in [-0.4, -0.2) is 9.78 Å². The van der Waals surface area contributed by atoms with Crippen LogP contribution in [0.4, 0.5) is 5.69 Å². The lowest BCUT2D eigenvalue weighted by Crippen LogP contribution is -2.00. The average Bonchev–Trinajstić information content (AvgIpc) is 2.61. The fourth-order valence-corrected chi connectivity index (χ4v) is 1.96. The van der Waals surface area contributed by atoms with Crippen LogP contribution in [0.5, 0.6) is 0 Å². The first kappa shape index (κ1) is 11.7. The van der Waals surface area contributed by atoms with Crippen LogP contribution in [-0.2, 0) is 0 Å². The molecule has 0 spiro atoms. The molecule has 3 nitrogen and oxygen atoms in total. The third-order valence-electron chi connectivity index (χ3n) is 2.93. The minimum absolute atomic E-state index is 0.330. The van der Waals surface area contributed by atoms with E-state index in [9.17, 15) is 0 Å². The highest BCUT2D eigenvalue weighted by Gasteiger charge is 2.12. The molecule has 1 heterocycles. The lowest BCUT2D eigenvalue weighted by Gasteiger charge is -2.06. The molecule has 0 saturated carbocycles. The molecule has 1 aromatic heterocycles. The Labute approximate surface area is 102 Å². The third kappa shape index (κ3) is 2.18. The van der Waals surface area contributed by atoms with Gasteiger partial charge in [0.05, 0.1) is 5.69 Å². The van der Waals surface area contributed by atoms with E-state index in [0.29, 0.717) is 6.04 Å². The molecule has 17 heavy (non-hydrogen) atoms. The molecule has 0 saturated heterocycles. The van der Waals surface area contributed by atoms with E-state index in [0.717, 1.165) is 16.9 Å². The maximum Gasteiger partial charge on any atom is 0.115 e. The molecule has 0 aliphatic carbocycles. The molecule has 0 aliphatic rings. The molecule has 0 unspecified atom stereocenters. The lowest BCUT2D eigenvalue weighted by atomic mass is 10.0. The number of nitrogen functional groups attached to an aromatic ring is 1. The lowest BCUT2D eigenvalue weighted by molar-refractivity contribution is 0.534. The van der Waals surface area contributed by atoms with E-state index >= 15 is 0 Å². The monoisotopic (exact) mass is 229 g/mol. The maximum atomic E-state index is 6.03. The number of nitrogens with zero attached hydrogens (tertiary/aromatic N) is 2. The number of benzene rings is 1. The van der Waals surface area contributed by atoms with Crippen molar-refractivity contribution in [1.29, 1.82) is 0 Å². The zero-order valence-corrected chi connectivity index (χ0v) is 10.9. The van der Waals surface area contributed by atoms with Gasteiger partial charge >= 0.3 is 0 Å². The van der Waals surface area contributed by atoms with E-state index in [1.54, 1.807) is 0 Å². The van der Waals surface area contributed by atoms with E-state index in [-0.39, 0.29) is 0 Å². The van der Waals surface area contributed by atoms with Gasteiger partial charge < -0.3 is 5.73 Å². The van der Waals surface area contributed by atoms with Crippen molar-refractivity contribution in [3.8, 4) is 11.3 Å². The Morgan fingerprint density at radius 1 is 1.24 bits per heavy atom. The van der Waals surface area contributed by atoms with Crippen LogP contribution < -0.4 is 5.73 Å². The molecule has 2 rings (SSSR count). The van der Waals surface area contributed by atoms with Gasteiger partial charge in [-0.2, -0.15) is 5.10 Å². The molecule has 90 valence electrons. The van der Waals surface area contributed by atoms with Crippen LogP contribution >= 0.6 is 0 Å². The molecular weight excluding hydrogens is 210 g/mol. The minimum atomic E-state index is 0.330. The Hall–Kier alpha value is -1.77. The SMILES string of the molecule is Cc1ccc(-c2nn(C(C)C)cc2N)c(C)c1. The molecule has 2 N–H and O–H groups in total. The third-order valence-corrected chi connectivity index (χ3v) is 2.93. The van der Waals surface area contributed by atoms with Crippen LogP contribution in [0.2, 0.25) is 0 Å². The van der Waals surface area contributed by atoms with Crippen LogP contribution in [0.15, 0.2) is 24.4 Å². The van der Waals surface area contributed by atoms with Gasteiger partial charge in [-0.25, -0.2) is 0 Å². The first-order chi connectivity index (χ1) is 7.99. The highest BCUT2D eigenvalue weighted by molar-refractivity contribution is 5.74. The molecule has 0 atom stereocenters. The van der Waals surface area contributed by atoms with Gasteiger partial charge in [0.15, 0.2) is 0 Å². The number of nitrogens with two attached hydrogens (primary N) is 1. The molecule has 2 aromatic rings. The predicted molar refractivity (Wildman–Crippen MR) is 71.9 cm³/mol. The van der Waals surface area contributed by atoms with Gasteiger partial charge in [-0.1, -0.05) is 23.8 Å². The molecule has 0 amide bonds. The Morgan fingerprint density at radius 2 is 1.94 bits per heavy atom. The van der Waals surface area contributed by atoms with Gasteiger partial charge in [-0.3, -0.25) is 4.68 Å².